The van der Waals surface area contributed by atoms with Crippen LogP contribution in [0, 0.1) is 0 Å². The van der Waals surface area contributed by atoms with E-state index in [0.29, 0.717) is 0 Å². The standard InChI is InChI=1S/C9H10N2O3S/c12-8-3-6-5-15-2-1-7(6)10-11(8)4-9(13)14/h3H,1-2,4-5H2,(H,13,14). The summed E-state index contributed by atoms with van der Waals surface area (Å²) in [5.74, 6) is 0.728. The van der Waals surface area contributed by atoms with Crippen LogP contribution in [0.25, 0.3) is 0 Å². The van der Waals surface area contributed by atoms with E-state index in [1.807, 2.05) is 0 Å². The number of aryl methyl sites for hydroxylation is 1. The Labute approximate surface area is 90.1 Å². The molecule has 0 aliphatic carbocycles. The summed E-state index contributed by atoms with van der Waals surface area (Å²) in [5.41, 5.74) is 1.46. The van der Waals surface area contributed by atoms with E-state index < -0.39 is 5.97 Å². The van der Waals surface area contributed by atoms with E-state index in [4.69, 9.17) is 5.11 Å². The van der Waals surface area contributed by atoms with Gasteiger partial charge in [-0.05, 0) is 11.3 Å². The first-order valence-corrected chi connectivity index (χ1v) is 5.72. The molecule has 0 fully saturated rings. The molecule has 2 heterocycles. The highest BCUT2D eigenvalue weighted by molar-refractivity contribution is 7.98. The summed E-state index contributed by atoms with van der Waals surface area (Å²) in [5, 5.41) is 12.7. The Morgan fingerprint density at radius 1 is 1.67 bits per heavy atom. The lowest BCUT2D eigenvalue weighted by atomic mass is 10.2. The van der Waals surface area contributed by atoms with Gasteiger partial charge in [-0.2, -0.15) is 16.9 Å². The van der Waals surface area contributed by atoms with Crippen molar-refractivity contribution in [3.63, 3.8) is 0 Å². The van der Waals surface area contributed by atoms with Gasteiger partial charge in [-0.25, -0.2) is 4.68 Å². The molecule has 0 saturated heterocycles. The van der Waals surface area contributed by atoms with Crippen LogP contribution in [-0.4, -0.2) is 26.6 Å². The molecule has 0 unspecified atom stereocenters. The van der Waals surface area contributed by atoms with Gasteiger partial charge >= 0.3 is 5.97 Å². The van der Waals surface area contributed by atoms with Crippen LogP contribution >= 0.6 is 11.8 Å². The molecule has 0 atom stereocenters. The largest absolute Gasteiger partial charge is 0.480 e. The molecule has 0 saturated carbocycles. The van der Waals surface area contributed by atoms with Gasteiger partial charge in [0.2, 0.25) is 0 Å². The topological polar surface area (TPSA) is 72.2 Å². The van der Waals surface area contributed by atoms with E-state index in [-0.39, 0.29) is 12.1 Å². The van der Waals surface area contributed by atoms with Crippen LogP contribution in [0.3, 0.4) is 0 Å². The maximum atomic E-state index is 11.5. The second-order valence-corrected chi connectivity index (χ2v) is 4.41. The lowest BCUT2D eigenvalue weighted by Crippen LogP contribution is -2.29. The Balaban J connectivity index is 2.40. The van der Waals surface area contributed by atoms with Crippen molar-refractivity contribution in [2.75, 3.05) is 5.75 Å². The number of carboxylic acids is 1. The summed E-state index contributed by atoms with van der Waals surface area (Å²) in [6, 6.07) is 1.50. The highest BCUT2D eigenvalue weighted by atomic mass is 32.2. The second kappa shape index (κ2) is 4.06. The zero-order chi connectivity index (χ0) is 10.8. The van der Waals surface area contributed by atoms with Crippen molar-refractivity contribution in [3.8, 4) is 0 Å². The predicted octanol–water partition coefficient (Wildman–Crippen LogP) is 0.117. The Hall–Kier alpha value is -1.30. The quantitative estimate of drug-likeness (QED) is 0.775. The van der Waals surface area contributed by atoms with Crippen LogP contribution in [0.1, 0.15) is 11.3 Å². The van der Waals surface area contributed by atoms with Crippen molar-refractivity contribution in [2.45, 2.75) is 18.7 Å². The Morgan fingerprint density at radius 3 is 3.20 bits per heavy atom. The van der Waals surface area contributed by atoms with E-state index in [1.165, 1.54) is 6.07 Å². The fourth-order valence-electron chi connectivity index (χ4n) is 1.49. The van der Waals surface area contributed by atoms with Crippen molar-refractivity contribution in [2.24, 2.45) is 0 Å². The summed E-state index contributed by atoms with van der Waals surface area (Å²) in [6.45, 7) is -0.362. The highest BCUT2D eigenvalue weighted by Crippen LogP contribution is 2.20. The van der Waals surface area contributed by atoms with Crippen LogP contribution in [0.5, 0.6) is 0 Å². The van der Waals surface area contributed by atoms with Crippen LogP contribution in [0.15, 0.2) is 10.9 Å². The molecule has 2 rings (SSSR count). The molecule has 0 bridgehead atoms. The Kier molecular flexibility index (Phi) is 2.77. The van der Waals surface area contributed by atoms with E-state index in [0.717, 1.165) is 33.9 Å². The van der Waals surface area contributed by atoms with Crippen molar-refractivity contribution in [1.29, 1.82) is 0 Å². The van der Waals surface area contributed by atoms with Gasteiger partial charge < -0.3 is 5.11 Å². The maximum Gasteiger partial charge on any atom is 0.325 e. The molecule has 80 valence electrons. The number of nitrogens with zero attached hydrogens (tertiary/aromatic N) is 2. The number of thioether (sulfide) groups is 1. The van der Waals surface area contributed by atoms with E-state index >= 15 is 0 Å². The zero-order valence-corrected chi connectivity index (χ0v) is 8.79. The summed E-state index contributed by atoms with van der Waals surface area (Å²) in [4.78, 5) is 21.9. The Bertz CT molecular complexity index is 455. The van der Waals surface area contributed by atoms with Crippen molar-refractivity contribution in [3.05, 3.63) is 27.7 Å². The molecule has 1 aromatic rings. The van der Waals surface area contributed by atoms with Crippen LogP contribution in [0.4, 0.5) is 0 Å². The summed E-state index contributed by atoms with van der Waals surface area (Å²) >= 11 is 1.76. The number of carboxylic acid groups (broad SMARTS) is 1. The molecule has 5 nitrogen and oxygen atoms in total. The molecule has 6 heteroatoms. The summed E-state index contributed by atoms with van der Waals surface area (Å²) in [6.07, 6.45) is 0.805. The monoisotopic (exact) mass is 226 g/mol. The van der Waals surface area contributed by atoms with Gasteiger partial charge in [-0.1, -0.05) is 0 Å². The van der Waals surface area contributed by atoms with Gasteiger partial charge in [0.25, 0.3) is 5.56 Å². The van der Waals surface area contributed by atoms with E-state index in [1.54, 1.807) is 11.8 Å². The van der Waals surface area contributed by atoms with Crippen LogP contribution in [-0.2, 0) is 23.5 Å². The van der Waals surface area contributed by atoms with Gasteiger partial charge in [0.1, 0.15) is 6.54 Å². The third-order valence-corrected chi connectivity index (χ3v) is 3.20. The number of hydrogen-bond acceptors (Lipinski definition) is 4. The van der Waals surface area contributed by atoms with Gasteiger partial charge in [0.05, 0.1) is 5.69 Å². The predicted molar refractivity (Wildman–Crippen MR) is 56.0 cm³/mol. The lowest BCUT2D eigenvalue weighted by Gasteiger charge is -2.14. The molecule has 1 aliphatic rings. The molecule has 0 spiro atoms. The fraction of sp³-hybridized carbons (Fsp3) is 0.444. The molecule has 1 aliphatic heterocycles. The third kappa shape index (κ3) is 2.20. The van der Waals surface area contributed by atoms with Gasteiger partial charge in [-0.15, -0.1) is 0 Å². The summed E-state index contributed by atoms with van der Waals surface area (Å²) < 4.78 is 1.01. The third-order valence-electron chi connectivity index (χ3n) is 2.19. The van der Waals surface area contributed by atoms with Crippen molar-refractivity contribution < 1.29 is 9.90 Å². The Morgan fingerprint density at radius 2 is 2.47 bits per heavy atom. The second-order valence-electron chi connectivity index (χ2n) is 3.31. The normalized spacial score (nSPS) is 14.7. The average Bonchev–Trinajstić information content (AvgIpc) is 2.18. The molecule has 1 aromatic heterocycles. The number of fused-ring (bicyclic) bond motifs is 1. The highest BCUT2D eigenvalue weighted by Gasteiger charge is 2.14. The van der Waals surface area contributed by atoms with Gasteiger partial charge in [0.15, 0.2) is 0 Å². The first-order valence-electron chi connectivity index (χ1n) is 4.56. The average molecular weight is 226 g/mol. The number of rotatable bonds is 2. The number of carbonyl (C=O) groups is 1. The van der Waals surface area contributed by atoms with Gasteiger partial charge in [0, 0.05) is 18.2 Å². The first kappa shape index (κ1) is 10.2. The van der Waals surface area contributed by atoms with Crippen molar-refractivity contribution in [1.82, 2.24) is 9.78 Å². The minimum atomic E-state index is -1.05. The summed E-state index contributed by atoms with van der Waals surface area (Å²) in [7, 11) is 0. The maximum absolute atomic E-state index is 11.5. The molecule has 0 aromatic carbocycles. The van der Waals surface area contributed by atoms with E-state index in [2.05, 4.69) is 5.10 Å². The number of hydrogen-bond donors (Lipinski definition) is 1. The molecular formula is C9H10N2O3S. The molecular weight excluding hydrogens is 216 g/mol. The minimum Gasteiger partial charge on any atom is -0.480 e. The van der Waals surface area contributed by atoms with Crippen molar-refractivity contribution >= 4 is 17.7 Å². The molecule has 0 radical (unpaired) electrons. The van der Waals surface area contributed by atoms with E-state index in [9.17, 15) is 9.59 Å². The van der Waals surface area contributed by atoms with Crippen LogP contribution < -0.4 is 5.56 Å². The number of aliphatic carboxylic acids is 1. The van der Waals surface area contributed by atoms with Crippen LogP contribution in [0.2, 0.25) is 0 Å². The number of aromatic nitrogens is 2. The molecule has 15 heavy (non-hydrogen) atoms. The minimum absolute atomic E-state index is 0.335. The smallest absolute Gasteiger partial charge is 0.325 e. The molecule has 0 amide bonds. The fourth-order valence-corrected chi connectivity index (χ4v) is 2.45. The van der Waals surface area contributed by atoms with Gasteiger partial charge in [-0.3, -0.25) is 9.59 Å². The SMILES string of the molecule is O=C(O)Cn1nc2c(cc1=O)CSCC2. The molecule has 1 N–H and O–H groups in total. The zero-order valence-electron chi connectivity index (χ0n) is 7.97. The first-order chi connectivity index (χ1) is 7.16. The lowest BCUT2D eigenvalue weighted by molar-refractivity contribution is -0.138.